The molecular formula is C16H21IN4O2S. The Bertz CT molecular complexity index is 659. The highest BCUT2D eigenvalue weighted by atomic mass is 127. The molecular weight excluding hydrogens is 439 g/mol. The number of benzene rings is 1. The van der Waals surface area contributed by atoms with E-state index in [9.17, 15) is 10.1 Å². The number of rotatable bonds is 6. The normalized spacial score (nSPS) is 12.2. The van der Waals surface area contributed by atoms with Gasteiger partial charge in [0.25, 0.3) is 5.69 Å². The maximum atomic E-state index is 10.6. The second-order valence-electron chi connectivity index (χ2n) is 5.19. The fourth-order valence-electron chi connectivity index (χ4n) is 2.06. The largest absolute Gasteiger partial charge is 0.356 e. The fraction of sp³-hybridized carbons (Fsp3) is 0.312. The molecule has 0 aliphatic heterocycles. The van der Waals surface area contributed by atoms with Crippen LogP contribution in [0.5, 0.6) is 0 Å². The minimum Gasteiger partial charge on any atom is -0.356 e. The summed E-state index contributed by atoms with van der Waals surface area (Å²) in [4.78, 5) is 14.4. The van der Waals surface area contributed by atoms with Gasteiger partial charge in [0, 0.05) is 32.3 Å². The second kappa shape index (κ2) is 10.2. The molecule has 1 atom stereocenters. The Morgan fingerprint density at radius 2 is 2.00 bits per heavy atom. The first-order chi connectivity index (χ1) is 11.1. The number of nitro groups is 1. The zero-order chi connectivity index (χ0) is 16.7. The first-order valence-corrected chi connectivity index (χ1v) is 8.24. The molecule has 2 rings (SSSR count). The van der Waals surface area contributed by atoms with E-state index >= 15 is 0 Å². The molecule has 0 amide bonds. The number of nitrogens with zero attached hydrogens (tertiary/aromatic N) is 2. The van der Waals surface area contributed by atoms with Gasteiger partial charge in [-0.1, -0.05) is 19.1 Å². The van der Waals surface area contributed by atoms with E-state index in [1.165, 1.54) is 17.7 Å². The highest BCUT2D eigenvalue weighted by molar-refractivity contribution is 14.0. The predicted molar refractivity (Wildman–Crippen MR) is 109 cm³/mol. The van der Waals surface area contributed by atoms with Crippen molar-refractivity contribution < 1.29 is 4.92 Å². The summed E-state index contributed by atoms with van der Waals surface area (Å²) in [6.45, 7) is 3.51. The van der Waals surface area contributed by atoms with Crippen molar-refractivity contribution in [1.29, 1.82) is 0 Å². The minimum atomic E-state index is -0.399. The summed E-state index contributed by atoms with van der Waals surface area (Å²) in [6.07, 6.45) is 0. The Hall–Kier alpha value is -1.68. The Labute approximate surface area is 162 Å². The SMILES string of the molecule is CN=C(NCc1ccc([N+](=O)[O-])cc1)NCC(C)c1ccsc1.I. The van der Waals surface area contributed by atoms with Crippen LogP contribution in [0.1, 0.15) is 24.0 Å². The molecule has 1 heterocycles. The van der Waals surface area contributed by atoms with Gasteiger partial charge in [-0.05, 0) is 33.9 Å². The molecule has 1 aromatic carbocycles. The molecule has 130 valence electrons. The van der Waals surface area contributed by atoms with Crippen molar-refractivity contribution in [3.05, 3.63) is 62.3 Å². The van der Waals surface area contributed by atoms with E-state index in [0.29, 0.717) is 18.4 Å². The van der Waals surface area contributed by atoms with Crippen LogP contribution in [0, 0.1) is 10.1 Å². The van der Waals surface area contributed by atoms with Crippen molar-refractivity contribution in [2.24, 2.45) is 4.99 Å². The zero-order valence-electron chi connectivity index (χ0n) is 13.6. The van der Waals surface area contributed by atoms with Gasteiger partial charge in [0.15, 0.2) is 5.96 Å². The molecule has 0 spiro atoms. The monoisotopic (exact) mass is 460 g/mol. The summed E-state index contributed by atoms with van der Waals surface area (Å²) in [5.41, 5.74) is 2.37. The first-order valence-electron chi connectivity index (χ1n) is 7.30. The Balaban J connectivity index is 0.00000288. The number of nitro benzene ring substituents is 1. The molecule has 2 aromatic rings. The van der Waals surface area contributed by atoms with Gasteiger partial charge in [-0.25, -0.2) is 0 Å². The lowest BCUT2D eigenvalue weighted by Gasteiger charge is -2.15. The third-order valence-electron chi connectivity index (χ3n) is 3.52. The van der Waals surface area contributed by atoms with Gasteiger partial charge in [0.05, 0.1) is 4.92 Å². The Morgan fingerprint density at radius 3 is 2.54 bits per heavy atom. The molecule has 0 bridgehead atoms. The third kappa shape index (κ3) is 6.08. The van der Waals surface area contributed by atoms with Crippen LogP contribution in [-0.2, 0) is 6.54 Å². The van der Waals surface area contributed by atoms with E-state index in [1.807, 2.05) is 0 Å². The van der Waals surface area contributed by atoms with Gasteiger partial charge < -0.3 is 10.6 Å². The molecule has 1 aromatic heterocycles. The molecule has 24 heavy (non-hydrogen) atoms. The van der Waals surface area contributed by atoms with Crippen LogP contribution in [0.4, 0.5) is 5.69 Å². The highest BCUT2D eigenvalue weighted by Gasteiger charge is 2.07. The number of halogens is 1. The third-order valence-corrected chi connectivity index (χ3v) is 4.22. The molecule has 0 aliphatic rings. The Kier molecular flexibility index (Phi) is 8.69. The number of nitrogens with one attached hydrogen (secondary N) is 2. The zero-order valence-corrected chi connectivity index (χ0v) is 16.7. The van der Waals surface area contributed by atoms with Crippen LogP contribution >= 0.6 is 35.3 Å². The maximum Gasteiger partial charge on any atom is 0.269 e. The first kappa shape index (κ1) is 20.4. The Morgan fingerprint density at radius 1 is 1.29 bits per heavy atom. The van der Waals surface area contributed by atoms with Crippen LogP contribution in [0.2, 0.25) is 0 Å². The lowest BCUT2D eigenvalue weighted by Crippen LogP contribution is -2.38. The van der Waals surface area contributed by atoms with Crippen LogP contribution in [0.15, 0.2) is 46.1 Å². The summed E-state index contributed by atoms with van der Waals surface area (Å²) in [5.74, 6) is 1.12. The van der Waals surface area contributed by atoms with Crippen LogP contribution in [0.3, 0.4) is 0 Å². The van der Waals surface area contributed by atoms with Gasteiger partial charge >= 0.3 is 0 Å². The van der Waals surface area contributed by atoms with Crippen molar-refractivity contribution in [3.8, 4) is 0 Å². The topological polar surface area (TPSA) is 79.6 Å². The molecule has 0 radical (unpaired) electrons. The lowest BCUT2D eigenvalue weighted by molar-refractivity contribution is -0.384. The molecule has 8 heteroatoms. The minimum absolute atomic E-state index is 0. The van der Waals surface area contributed by atoms with Crippen molar-refractivity contribution in [2.45, 2.75) is 19.4 Å². The number of hydrogen-bond acceptors (Lipinski definition) is 4. The van der Waals surface area contributed by atoms with Gasteiger partial charge in [-0.3, -0.25) is 15.1 Å². The van der Waals surface area contributed by atoms with E-state index in [0.717, 1.165) is 12.1 Å². The molecule has 0 fully saturated rings. The standard InChI is InChI=1S/C16H20N4O2S.HI/c1-12(14-7-8-23-11-14)9-18-16(17-2)19-10-13-3-5-15(6-4-13)20(21)22;/h3-8,11-12H,9-10H2,1-2H3,(H2,17,18,19);1H. The molecule has 6 nitrogen and oxygen atoms in total. The molecule has 2 N–H and O–H groups in total. The average Bonchev–Trinajstić information content (AvgIpc) is 3.09. The lowest BCUT2D eigenvalue weighted by atomic mass is 10.1. The van der Waals surface area contributed by atoms with Crippen molar-refractivity contribution >= 4 is 47.0 Å². The predicted octanol–water partition coefficient (Wildman–Crippen LogP) is 3.74. The smallest absolute Gasteiger partial charge is 0.269 e. The van der Waals surface area contributed by atoms with Crippen molar-refractivity contribution in [1.82, 2.24) is 10.6 Å². The summed E-state index contributed by atoms with van der Waals surface area (Å²) >= 11 is 1.70. The molecule has 0 saturated carbocycles. The van der Waals surface area contributed by atoms with E-state index in [4.69, 9.17) is 0 Å². The van der Waals surface area contributed by atoms with Crippen LogP contribution in [-0.4, -0.2) is 24.5 Å². The molecule has 0 saturated heterocycles. The molecule has 0 aliphatic carbocycles. The van der Waals surface area contributed by atoms with Crippen molar-refractivity contribution in [3.63, 3.8) is 0 Å². The maximum absolute atomic E-state index is 10.6. The summed E-state index contributed by atoms with van der Waals surface area (Å²) in [6, 6.07) is 8.63. The average molecular weight is 460 g/mol. The summed E-state index contributed by atoms with van der Waals surface area (Å²) < 4.78 is 0. The number of aliphatic imine (C=N–C) groups is 1. The van der Waals surface area contributed by atoms with Crippen molar-refractivity contribution in [2.75, 3.05) is 13.6 Å². The van der Waals surface area contributed by atoms with Crippen LogP contribution < -0.4 is 10.6 Å². The summed E-state index contributed by atoms with van der Waals surface area (Å²) in [7, 11) is 1.72. The van der Waals surface area contributed by atoms with E-state index in [-0.39, 0.29) is 29.7 Å². The van der Waals surface area contributed by atoms with Gasteiger partial charge in [0.2, 0.25) is 0 Å². The van der Waals surface area contributed by atoms with Crippen LogP contribution in [0.25, 0.3) is 0 Å². The highest BCUT2D eigenvalue weighted by Crippen LogP contribution is 2.17. The van der Waals surface area contributed by atoms with Gasteiger partial charge in [-0.15, -0.1) is 24.0 Å². The van der Waals surface area contributed by atoms with E-state index < -0.39 is 4.92 Å². The number of thiophene rings is 1. The quantitative estimate of drug-likeness (QED) is 0.226. The number of hydrogen-bond donors (Lipinski definition) is 2. The fourth-order valence-corrected chi connectivity index (χ4v) is 2.85. The van der Waals surface area contributed by atoms with Gasteiger partial charge in [0.1, 0.15) is 0 Å². The van der Waals surface area contributed by atoms with Gasteiger partial charge in [-0.2, -0.15) is 11.3 Å². The van der Waals surface area contributed by atoms with E-state index in [2.05, 4.69) is 39.4 Å². The van der Waals surface area contributed by atoms with E-state index in [1.54, 1.807) is 30.5 Å². The second-order valence-corrected chi connectivity index (χ2v) is 5.97. The summed E-state index contributed by atoms with van der Waals surface area (Å²) in [5, 5.41) is 21.4. The number of guanidine groups is 1. The molecule has 1 unspecified atom stereocenters. The number of non-ortho nitro benzene ring substituents is 1.